The third kappa shape index (κ3) is 5.96. The summed E-state index contributed by atoms with van der Waals surface area (Å²) in [6.45, 7) is 0.0948. The predicted octanol–water partition coefficient (Wildman–Crippen LogP) is 2.57. The zero-order valence-corrected chi connectivity index (χ0v) is 13.4. The van der Waals surface area contributed by atoms with E-state index in [2.05, 4.69) is 5.32 Å². The van der Waals surface area contributed by atoms with Crippen molar-refractivity contribution in [1.82, 2.24) is 5.32 Å². The number of esters is 1. The molecule has 124 valence electrons. The average Bonchev–Trinajstić information content (AvgIpc) is 2.64. The van der Waals surface area contributed by atoms with E-state index in [4.69, 9.17) is 9.47 Å². The number of amides is 1. The van der Waals surface area contributed by atoms with E-state index < -0.39 is 5.97 Å². The molecule has 0 saturated carbocycles. The maximum absolute atomic E-state index is 11.6. The van der Waals surface area contributed by atoms with Crippen molar-refractivity contribution < 1.29 is 19.1 Å². The highest BCUT2D eigenvalue weighted by Crippen LogP contribution is 2.12. The maximum atomic E-state index is 11.6. The van der Waals surface area contributed by atoms with Gasteiger partial charge in [-0.1, -0.05) is 42.5 Å². The molecule has 0 heterocycles. The molecule has 0 spiro atoms. The topological polar surface area (TPSA) is 64.6 Å². The number of ether oxygens (including phenoxy) is 2. The number of benzene rings is 2. The Bertz CT molecular complexity index is 693. The van der Waals surface area contributed by atoms with E-state index in [0.29, 0.717) is 6.54 Å². The molecule has 0 radical (unpaired) electrons. The Kier molecular flexibility index (Phi) is 6.58. The molecule has 5 nitrogen and oxygen atoms in total. The van der Waals surface area contributed by atoms with Crippen LogP contribution < -0.4 is 10.1 Å². The monoisotopic (exact) mass is 325 g/mol. The van der Waals surface area contributed by atoms with E-state index in [1.807, 2.05) is 42.5 Å². The lowest BCUT2D eigenvalue weighted by molar-refractivity contribution is -0.143. The van der Waals surface area contributed by atoms with Crippen LogP contribution in [0.5, 0.6) is 5.75 Å². The van der Waals surface area contributed by atoms with Gasteiger partial charge >= 0.3 is 5.97 Å². The summed E-state index contributed by atoms with van der Waals surface area (Å²) in [5, 5.41) is 2.69. The molecule has 0 aromatic heterocycles. The first-order chi connectivity index (χ1) is 11.7. The van der Waals surface area contributed by atoms with Gasteiger partial charge in [-0.3, -0.25) is 4.79 Å². The number of methoxy groups -OCH3 is 1. The highest BCUT2D eigenvalue weighted by atomic mass is 16.5. The third-order valence-corrected chi connectivity index (χ3v) is 3.21. The SMILES string of the molecule is COc1ccc(C=CC(=O)OCC(=O)NCc2ccccc2)cc1. The summed E-state index contributed by atoms with van der Waals surface area (Å²) in [7, 11) is 1.59. The minimum atomic E-state index is -0.569. The van der Waals surface area contributed by atoms with Crippen LogP contribution in [0.25, 0.3) is 6.08 Å². The number of carbonyl (C=O) groups excluding carboxylic acids is 2. The first-order valence-corrected chi connectivity index (χ1v) is 7.47. The maximum Gasteiger partial charge on any atom is 0.331 e. The second-order valence-electron chi connectivity index (χ2n) is 4.98. The van der Waals surface area contributed by atoms with Gasteiger partial charge in [0.05, 0.1) is 7.11 Å². The summed E-state index contributed by atoms with van der Waals surface area (Å²) in [5.74, 6) is -0.171. The van der Waals surface area contributed by atoms with Gasteiger partial charge in [0.1, 0.15) is 5.75 Å². The van der Waals surface area contributed by atoms with Crippen LogP contribution in [0.2, 0.25) is 0 Å². The molecule has 0 fully saturated rings. The summed E-state index contributed by atoms with van der Waals surface area (Å²) < 4.78 is 9.95. The molecular weight excluding hydrogens is 306 g/mol. The second kappa shape index (κ2) is 9.15. The van der Waals surface area contributed by atoms with Crippen LogP contribution in [-0.2, 0) is 20.9 Å². The quantitative estimate of drug-likeness (QED) is 0.628. The van der Waals surface area contributed by atoms with Gasteiger partial charge in [0, 0.05) is 12.6 Å². The van der Waals surface area contributed by atoms with E-state index >= 15 is 0 Å². The van der Waals surface area contributed by atoms with Crippen molar-refractivity contribution in [1.29, 1.82) is 0 Å². The molecule has 0 bridgehead atoms. The molecule has 1 amide bonds. The molecule has 0 unspecified atom stereocenters. The Morgan fingerprint density at radius 2 is 1.75 bits per heavy atom. The highest BCUT2D eigenvalue weighted by molar-refractivity contribution is 5.89. The predicted molar refractivity (Wildman–Crippen MR) is 91.3 cm³/mol. The van der Waals surface area contributed by atoms with Crippen molar-refractivity contribution >= 4 is 18.0 Å². The van der Waals surface area contributed by atoms with Gasteiger partial charge in [-0.2, -0.15) is 0 Å². The molecule has 24 heavy (non-hydrogen) atoms. The van der Waals surface area contributed by atoms with E-state index in [1.54, 1.807) is 25.3 Å². The average molecular weight is 325 g/mol. The number of nitrogens with one attached hydrogen (secondary N) is 1. The molecule has 2 aromatic carbocycles. The fourth-order valence-corrected chi connectivity index (χ4v) is 1.91. The molecule has 5 heteroatoms. The van der Waals surface area contributed by atoms with Crippen LogP contribution in [0, 0.1) is 0 Å². The number of hydrogen-bond donors (Lipinski definition) is 1. The molecule has 2 rings (SSSR count). The lowest BCUT2D eigenvalue weighted by Gasteiger charge is -2.05. The Morgan fingerprint density at radius 3 is 2.42 bits per heavy atom. The van der Waals surface area contributed by atoms with Crippen LogP contribution in [0.4, 0.5) is 0 Å². The minimum Gasteiger partial charge on any atom is -0.497 e. The summed E-state index contributed by atoms with van der Waals surface area (Å²) >= 11 is 0. The van der Waals surface area contributed by atoms with Crippen LogP contribution in [0.1, 0.15) is 11.1 Å². The lowest BCUT2D eigenvalue weighted by Crippen LogP contribution is -2.28. The van der Waals surface area contributed by atoms with Gasteiger partial charge < -0.3 is 14.8 Å². The van der Waals surface area contributed by atoms with Gasteiger partial charge in [-0.05, 0) is 29.3 Å². The van der Waals surface area contributed by atoms with Crippen molar-refractivity contribution in [3.63, 3.8) is 0 Å². The molecule has 2 aromatic rings. The summed E-state index contributed by atoms with van der Waals surface area (Å²) in [6.07, 6.45) is 2.90. The van der Waals surface area contributed by atoms with E-state index in [-0.39, 0.29) is 12.5 Å². The van der Waals surface area contributed by atoms with Crippen molar-refractivity contribution in [2.24, 2.45) is 0 Å². The van der Waals surface area contributed by atoms with Crippen LogP contribution in [-0.4, -0.2) is 25.6 Å². The largest absolute Gasteiger partial charge is 0.497 e. The third-order valence-electron chi connectivity index (χ3n) is 3.21. The first kappa shape index (κ1) is 17.3. The van der Waals surface area contributed by atoms with Gasteiger partial charge in [0.2, 0.25) is 0 Å². The van der Waals surface area contributed by atoms with Gasteiger partial charge in [0.25, 0.3) is 5.91 Å². The molecule has 0 saturated heterocycles. The molecule has 0 atom stereocenters. The van der Waals surface area contributed by atoms with Crippen molar-refractivity contribution in [3.05, 3.63) is 71.8 Å². The molecule has 0 aliphatic carbocycles. The van der Waals surface area contributed by atoms with E-state index in [1.165, 1.54) is 6.08 Å². The van der Waals surface area contributed by atoms with Gasteiger partial charge in [-0.15, -0.1) is 0 Å². The molecular formula is C19H19NO4. The van der Waals surface area contributed by atoms with E-state index in [0.717, 1.165) is 16.9 Å². The molecule has 1 N–H and O–H groups in total. The van der Waals surface area contributed by atoms with Crippen LogP contribution in [0.15, 0.2) is 60.7 Å². The minimum absolute atomic E-state index is 0.307. The fraction of sp³-hybridized carbons (Fsp3) is 0.158. The van der Waals surface area contributed by atoms with Crippen LogP contribution in [0.3, 0.4) is 0 Å². The Balaban J connectivity index is 1.71. The summed E-state index contributed by atoms with van der Waals surface area (Å²) in [4.78, 5) is 23.2. The second-order valence-corrected chi connectivity index (χ2v) is 4.98. The Morgan fingerprint density at radius 1 is 1.04 bits per heavy atom. The fourth-order valence-electron chi connectivity index (χ4n) is 1.91. The van der Waals surface area contributed by atoms with Crippen molar-refractivity contribution in [2.45, 2.75) is 6.54 Å². The zero-order chi connectivity index (χ0) is 17.2. The number of carbonyl (C=O) groups is 2. The highest BCUT2D eigenvalue weighted by Gasteiger charge is 2.04. The number of hydrogen-bond acceptors (Lipinski definition) is 4. The van der Waals surface area contributed by atoms with Crippen molar-refractivity contribution in [2.75, 3.05) is 13.7 Å². The summed E-state index contributed by atoms with van der Waals surface area (Å²) in [6, 6.07) is 16.7. The zero-order valence-electron chi connectivity index (χ0n) is 13.4. The molecule has 0 aliphatic rings. The van der Waals surface area contributed by atoms with Crippen LogP contribution >= 0.6 is 0 Å². The smallest absolute Gasteiger partial charge is 0.331 e. The summed E-state index contributed by atoms with van der Waals surface area (Å²) in [5.41, 5.74) is 1.82. The lowest BCUT2D eigenvalue weighted by atomic mass is 10.2. The Labute approximate surface area is 140 Å². The first-order valence-electron chi connectivity index (χ1n) is 7.47. The van der Waals surface area contributed by atoms with Gasteiger partial charge in [0.15, 0.2) is 6.61 Å². The van der Waals surface area contributed by atoms with E-state index in [9.17, 15) is 9.59 Å². The van der Waals surface area contributed by atoms with Gasteiger partial charge in [-0.25, -0.2) is 4.79 Å². The standard InChI is InChI=1S/C19H19NO4/c1-23-17-10-7-15(8-11-17)9-12-19(22)24-14-18(21)20-13-16-5-3-2-4-6-16/h2-12H,13-14H2,1H3,(H,20,21). The van der Waals surface area contributed by atoms with Crippen molar-refractivity contribution in [3.8, 4) is 5.75 Å². The normalized spacial score (nSPS) is 10.4. The number of rotatable bonds is 7. The molecule has 0 aliphatic heterocycles. The Hall–Kier alpha value is -3.08.